The fourth-order valence-electron chi connectivity index (χ4n) is 2.93. The van der Waals surface area contributed by atoms with Gasteiger partial charge in [0, 0.05) is 4.88 Å². The summed E-state index contributed by atoms with van der Waals surface area (Å²) in [5.74, 6) is -0.783. The molecule has 1 amide bonds. The van der Waals surface area contributed by atoms with E-state index < -0.39 is 5.76 Å². The van der Waals surface area contributed by atoms with E-state index in [2.05, 4.69) is 5.32 Å². The van der Waals surface area contributed by atoms with Crippen molar-refractivity contribution in [2.45, 2.75) is 12.6 Å². The third kappa shape index (κ3) is 3.19. The molecular formula is C20H16N2O3S. The molecule has 4 aromatic rings. The number of rotatable bonds is 5. The van der Waals surface area contributed by atoms with Gasteiger partial charge in [0.15, 0.2) is 5.58 Å². The number of carbonyl (C=O) groups excluding carboxylic acids is 1. The van der Waals surface area contributed by atoms with Crippen molar-refractivity contribution in [1.29, 1.82) is 0 Å². The van der Waals surface area contributed by atoms with Crippen LogP contribution in [0.2, 0.25) is 0 Å². The second-order valence-electron chi connectivity index (χ2n) is 5.85. The highest BCUT2D eigenvalue weighted by atomic mass is 32.1. The molecule has 6 heteroatoms. The summed E-state index contributed by atoms with van der Waals surface area (Å²) in [5, 5.41) is 5.01. The lowest BCUT2D eigenvalue weighted by molar-refractivity contribution is -0.122. The van der Waals surface area contributed by atoms with Crippen molar-refractivity contribution in [3.63, 3.8) is 0 Å². The molecule has 0 saturated carbocycles. The van der Waals surface area contributed by atoms with Gasteiger partial charge in [0.05, 0.1) is 11.6 Å². The van der Waals surface area contributed by atoms with Crippen LogP contribution < -0.4 is 11.1 Å². The Bertz CT molecular complexity index is 1080. The van der Waals surface area contributed by atoms with E-state index >= 15 is 0 Å². The summed E-state index contributed by atoms with van der Waals surface area (Å²) in [6.45, 7) is -0.0927. The predicted octanol–water partition coefficient (Wildman–Crippen LogP) is 3.56. The summed E-state index contributed by atoms with van der Waals surface area (Å²) >= 11 is 1.58. The summed E-state index contributed by atoms with van der Waals surface area (Å²) in [4.78, 5) is 25.8. The average molecular weight is 364 g/mol. The van der Waals surface area contributed by atoms with Crippen LogP contribution in [0.25, 0.3) is 11.1 Å². The maximum atomic E-state index is 12.7. The van der Waals surface area contributed by atoms with Crippen LogP contribution in [0.1, 0.15) is 16.5 Å². The molecule has 1 atom stereocenters. The lowest BCUT2D eigenvalue weighted by Crippen LogP contribution is -2.33. The van der Waals surface area contributed by atoms with Crippen molar-refractivity contribution >= 4 is 28.3 Å². The Hall–Kier alpha value is -3.12. The van der Waals surface area contributed by atoms with Crippen LogP contribution in [0.3, 0.4) is 0 Å². The molecule has 0 aliphatic heterocycles. The molecule has 130 valence electrons. The number of para-hydroxylation sites is 2. The number of nitrogens with one attached hydrogen (secondary N) is 1. The second kappa shape index (κ2) is 7.01. The Kier molecular flexibility index (Phi) is 4.41. The van der Waals surface area contributed by atoms with Crippen LogP contribution >= 0.6 is 11.3 Å². The monoisotopic (exact) mass is 364 g/mol. The lowest BCUT2D eigenvalue weighted by Gasteiger charge is -2.18. The van der Waals surface area contributed by atoms with E-state index in [-0.39, 0.29) is 18.5 Å². The van der Waals surface area contributed by atoms with Crippen molar-refractivity contribution in [3.05, 3.63) is 93.1 Å². The van der Waals surface area contributed by atoms with E-state index in [0.29, 0.717) is 11.1 Å². The number of benzene rings is 2. The standard InChI is InChI=1S/C20H16N2O3S/c23-18(13-22-15-9-4-5-10-16(15)25-20(22)24)21-19(17-11-6-12-26-17)14-7-2-1-3-8-14/h1-12,19H,13H2,(H,21,23)/t19-/m0/s1. The molecule has 0 saturated heterocycles. The first-order valence-electron chi connectivity index (χ1n) is 8.18. The number of aromatic nitrogens is 1. The number of nitrogens with zero attached hydrogens (tertiary/aromatic N) is 1. The van der Waals surface area contributed by atoms with E-state index in [1.165, 1.54) is 4.57 Å². The summed E-state index contributed by atoms with van der Waals surface area (Å²) in [5.41, 5.74) is 2.08. The molecule has 4 rings (SSSR count). The zero-order valence-corrected chi connectivity index (χ0v) is 14.6. The first kappa shape index (κ1) is 16.4. The van der Waals surface area contributed by atoms with Crippen LogP contribution in [0.5, 0.6) is 0 Å². The molecular weight excluding hydrogens is 348 g/mol. The van der Waals surface area contributed by atoms with Crippen LogP contribution in [0.4, 0.5) is 0 Å². The average Bonchev–Trinajstić information content (AvgIpc) is 3.29. The van der Waals surface area contributed by atoms with Gasteiger partial charge >= 0.3 is 5.76 Å². The molecule has 0 unspecified atom stereocenters. The summed E-state index contributed by atoms with van der Waals surface area (Å²) in [7, 11) is 0. The zero-order chi connectivity index (χ0) is 17.9. The molecule has 2 aromatic heterocycles. The molecule has 5 nitrogen and oxygen atoms in total. The number of thiophene rings is 1. The van der Waals surface area contributed by atoms with Crippen LogP contribution in [0, 0.1) is 0 Å². The highest BCUT2D eigenvalue weighted by Gasteiger charge is 2.19. The SMILES string of the molecule is O=C(Cn1c(=O)oc2ccccc21)N[C@@H](c1ccccc1)c1cccs1. The fraction of sp³-hybridized carbons (Fsp3) is 0.100. The van der Waals surface area contributed by atoms with E-state index in [1.54, 1.807) is 29.5 Å². The lowest BCUT2D eigenvalue weighted by atomic mass is 10.1. The first-order chi connectivity index (χ1) is 12.7. The number of amides is 1. The Morgan fingerprint density at radius 3 is 2.58 bits per heavy atom. The van der Waals surface area contributed by atoms with Crippen molar-refractivity contribution in [1.82, 2.24) is 9.88 Å². The quantitative estimate of drug-likeness (QED) is 0.589. The topological polar surface area (TPSA) is 64.2 Å². The largest absolute Gasteiger partial charge is 0.420 e. The number of hydrogen-bond donors (Lipinski definition) is 1. The van der Waals surface area contributed by atoms with Crippen molar-refractivity contribution in [2.75, 3.05) is 0 Å². The minimum atomic E-state index is -0.534. The van der Waals surface area contributed by atoms with Gasteiger partial charge in [-0.15, -0.1) is 11.3 Å². The number of fused-ring (bicyclic) bond motifs is 1. The molecule has 26 heavy (non-hydrogen) atoms. The van der Waals surface area contributed by atoms with E-state index in [0.717, 1.165) is 10.4 Å². The molecule has 0 bridgehead atoms. The highest BCUT2D eigenvalue weighted by Crippen LogP contribution is 2.26. The van der Waals surface area contributed by atoms with E-state index in [1.807, 2.05) is 53.9 Å². The number of oxazole rings is 1. The van der Waals surface area contributed by atoms with Gasteiger partial charge in [-0.3, -0.25) is 9.36 Å². The van der Waals surface area contributed by atoms with E-state index in [9.17, 15) is 9.59 Å². The minimum absolute atomic E-state index is 0.0927. The molecule has 2 aromatic carbocycles. The zero-order valence-electron chi connectivity index (χ0n) is 13.8. The Morgan fingerprint density at radius 1 is 1.04 bits per heavy atom. The van der Waals surface area contributed by atoms with Gasteiger partial charge < -0.3 is 9.73 Å². The first-order valence-corrected chi connectivity index (χ1v) is 9.06. The molecule has 0 spiro atoms. The van der Waals surface area contributed by atoms with Crippen molar-refractivity contribution < 1.29 is 9.21 Å². The Labute approximate surface area is 153 Å². The fourth-order valence-corrected chi connectivity index (χ4v) is 3.74. The molecule has 0 aliphatic carbocycles. The molecule has 0 radical (unpaired) electrons. The molecule has 2 heterocycles. The van der Waals surface area contributed by atoms with Gasteiger partial charge in [0.1, 0.15) is 6.54 Å². The van der Waals surface area contributed by atoms with Gasteiger partial charge in [-0.05, 0) is 29.1 Å². The maximum Gasteiger partial charge on any atom is 0.420 e. The van der Waals surface area contributed by atoms with Gasteiger partial charge in [0.2, 0.25) is 5.91 Å². The summed E-state index contributed by atoms with van der Waals surface area (Å²) in [6, 6.07) is 20.5. The van der Waals surface area contributed by atoms with Crippen molar-refractivity contribution in [2.24, 2.45) is 0 Å². The number of carbonyl (C=O) groups is 1. The number of hydrogen-bond acceptors (Lipinski definition) is 4. The van der Waals surface area contributed by atoms with Gasteiger partial charge in [0.25, 0.3) is 0 Å². The molecule has 1 N–H and O–H groups in total. The summed E-state index contributed by atoms with van der Waals surface area (Å²) < 4.78 is 6.54. The highest BCUT2D eigenvalue weighted by molar-refractivity contribution is 7.10. The van der Waals surface area contributed by atoms with Gasteiger partial charge in [-0.2, -0.15) is 0 Å². The maximum absolute atomic E-state index is 12.7. The third-order valence-electron chi connectivity index (χ3n) is 4.14. The summed E-state index contributed by atoms with van der Waals surface area (Å²) in [6.07, 6.45) is 0. The van der Waals surface area contributed by atoms with Crippen LogP contribution in [-0.4, -0.2) is 10.5 Å². The third-order valence-corrected chi connectivity index (χ3v) is 5.08. The minimum Gasteiger partial charge on any atom is -0.408 e. The second-order valence-corrected chi connectivity index (χ2v) is 6.83. The van der Waals surface area contributed by atoms with Crippen LogP contribution in [0.15, 0.2) is 81.3 Å². The van der Waals surface area contributed by atoms with Crippen molar-refractivity contribution in [3.8, 4) is 0 Å². The Morgan fingerprint density at radius 2 is 1.81 bits per heavy atom. The molecule has 0 fully saturated rings. The van der Waals surface area contributed by atoms with E-state index in [4.69, 9.17) is 4.42 Å². The normalized spacial score (nSPS) is 12.2. The Balaban J connectivity index is 1.61. The molecule has 0 aliphatic rings. The smallest absolute Gasteiger partial charge is 0.408 e. The van der Waals surface area contributed by atoms with Gasteiger partial charge in [-0.25, -0.2) is 4.79 Å². The predicted molar refractivity (Wildman–Crippen MR) is 101 cm³/mol. The van der Waals surface area contributed by atoms with Gasteiger partial charge in [-0.1, -0.05) is 48.5 Å². The van der Waals surface area contributed by atoms with Crippen LogP contribution in [-0.2, 0) is 11.3 Å².